The van der Waals surface area contributed by atoms with Gasteiger partial charge in [0.2, 0.25) is 0 Å². The van der Waals surface area contributed by atoms with Crippen molar-refractivity contribution in [2.45, 2.75) is 44.2 Å². The van der Waals surface area contributed by atoms with Crippen LogP contribution in [0.2, 0.25) is 4.34 Å². The van der Waals surface area contributed by atoms with Crippen molar-refractivity contribution in [1.29, 1.82) is 0 Å². The molecular weight excluding hydrogens is 348 g/mol. The van der Waals surface area contributed by atoms with Gasteiger partial charge >= 0.3 is 0 Å². The molecule has 24 heavy (non-hydrogen) atoms. The molecule has 1 fully saturated rings. The van der Waals surface area contributed by atoms with Crippen LogP contribution in [0.4, 0.5) is 0 Å². The number of piperidine rings is 1. The second kappa shape index (κ2) is 8.63. The van der Waals surface area contributed by atoms with E-state index in [2.05, 4.69) is 11.8 Å². The van der Waals surface area contributed by atoms with Crippen LogP contribution in [-0.2, 0) is 11.2 Å². The lowest BCUT2D eigenvalue weighted by Crippen LogP contribution is -2.48. The Morgan fingerprint density at radius 2 is 2.25 bits per heavy atom. The summed E-state index contributed by atoms with van der Waals surface area (Å²) in [7, 11) is 3.31. The lowest BCUT2D eigenvalue weighted by Gasteiger charge is -2.38. The van der Waals surface area contributed by atoms with Crippen LogP contribution < -0.4 is 0 Å². The molecular formula is C17H27ClN2O3S. The standard InChI is InChI=1S/C17H27ClN2O3S/c1-11-8-12(16-13(5-7-21)9-15(18)24-16)4-6-20(11)10-14(22)17(23)19(2)3/h9,11-12,14,21-22H,4-8,10H2,1-3H3. The SMILES string of the molecule is CC1CC(c2sc(Cl)cc2CCO)CCN1CC(O)C(=O)N(C)C. The number of carbonyl (C=O) groups excluding carboxylic acids is 1. The fraction of sp³-hybridized carbons (Fsp3) is 0.706. The van der Waals surface area contributed by atoms with E-state index >= 15 is 0 Å². The van der Waals surface area contributed by atoms with E-state index in [4.69, 9.17) is 11.6 Å². The quantitative estimate of drug-likeness (QED) is 0.798. The smallest absolute Gasteiger partial charge is 0.252 e. The number of hydrogen-bond acceptors (Lipinski definition) is 5. The zero-order valence-electron chi connectivity index (χ0n) is 14.5. The number of β-amino-alcohol motifs (C(OH)–C–C–N with tert-alkyl or cyclic N) is 1. The molecule has 1 aliphatic rings. The van der Waals surface area contributed by atoms with Crippen LogP contribution in [0.15, 0.2) is 6.07 Å². The van der Waals surface area contributed by atoms with Crippen molar-refractivity contribution in [1.82, 2.24) is 9.80 Å². The normalized spacial score (nSPS) is 23.2. The molecule has 3 unspecified atom stereocenters. The number of likely N-dealkylation sites (N-methyl/N-ethyl adjacent to an activating group) is 1. The van der Waals surface area contributed by atoms with E-state index in [1.807, 2.05) is 6.07 Å². The van der Waals surface area contributed by atoms with E-state index in [-0.39, 0.29) is 18.6 Å². The first-order valence-electron chi connectivity index (χ1n) is 8.35. The predicted octanol–water partition coefficient (Wildman–Crippen LogP) is 1.95. The highest BCUT2D eigenvalue weighted by Crippen LogP contribution is 2.39. The Kier molecular flexibility index (Phi) is 7.07. The monoisotopic (exact) mass is 374 g/mol. The molecule has 1 aliphatic heterocycles. The van der Waals surface area contributed by atoms with Gasteiger partial charge in [-0.1, -0.05) is 11.6 Å². The highest BCUT2D eigenvalue weighted by Gasteiger charge is 2.31. The van der Waals surface area contributed by atoms with Crippen LogP contribution in [0.1, 0.15) is 36.1 Å². The van der Waals surface area contributed by atoms with Crippen molar-refractivity contribution in [3.05, 3.63) is 20.8 Å². The Hall–Kier alpha value is -0.660. The van der Waals surface area contributed by atoms with Gasteiger partial charge in [-0.15, -0.1) is 11.3 Å². The molecule has 0 spiro atoms. The number of aliphatic hydroxyl groups excluding tert-OH is 2. The summed E-state index contributed by atoms with van der Waals surface area (Å²) in [5.74, 6) is 0.177. The van der Waals surface area contributed by atoms with Gasteiger partial charge < -0.3 is 15.1 Å². The summed E-state index contributed by atoms with van der Waals surface area (Å²) >= 11 is 7.78. The summed E-state index contributed by atoms with van der Waals surface area (Å²) in [4.78, 5) is 16.7. The third kappa shape index (κ3) is 4.70. The largest absolute Gasteiger partial charge is 0.396 e. The summed E-state index contributed by atoms with van der Waals surface area (Å²) in [6.45, 7) is 3.49. The van der Waals surface area contributed by atoms with Crippen molar-refractivity contribution in [3.8, 4) is 0 Å². The molecule has 136 valence electrons. The molecule has 1 aromatic rings. The number of likely N-dealkylation sites (tertiary alicyclic amines) is 1. The topological polar surface area (TPSA) is 64.0 Å². The first-order chi connectivity index (χ1) is 11.3. The second-order valence-electron chi connectivity index (χ2n) is 6.73. The minimum atomic E-state index is -0.972. The van der Waals surface area contributed by atoms with E-state index in [0.29, 0.717) is 18.9 Å². The third-order valence-corrected chi connectivity index (χ3v) is 6.18. The number of amides is 1. The molecule has 0 bridgehead atoms. The van der Waals surface area contributed by atoms with E-state index in [9.17, 15) is 15.0 Å². The summed E-state index contributed by atoms with van der Waals surface area (Å²) in [5, 5.41) is 19.3. The molecule has 0 radical (unpaired) electrons. The minimum absolute atomic E-state index is 0.132. The first-order valence-corrected chi connectivity index (χ1v) is 9.55. The summed E-state index contributed by atoms with van der Waals surface area (Å²) in [6, 6.07) is 2.25. The Morgan fingerprint density at radius 3 is 2.83 bits per heavy atom. The molecule has 2 heterocycles. The molecule has 1 saturated heterocycles. The molecule has 7 heteroatoms. The molecule has 5 nitrogen and oxygen atoms in total. The maximum absolute atomic E-state index is 11.8. The highest BCUT2D eigenvalue weighted by molar-refractivity contribution is 7.16. The van der Waals surface area contributed by atoms with Gasteiger partial charge in [-0.3, -0.25) is 9.69 Å². The van der Waals surface area contributed by atoms with Gasteiger partial charge in [0, 0.05) is 38.2 Å². The molecule has 2 N–H and O–H groups in total. The van der Waals surface area contributed by atoms with Crippen LogP contribution in [0.3, 0.4) is 0 Å². The van der Waals surface area contributed by atoms with E-state index in [1.54, 1.807) is 25.4 Å². The first kappa shape index (κ1) is 19.7. The van der Waals surface area contributed by atoms with Crippen LogP contribution in [0, 0.1) is 0 Å². The molecule has 0 saturated carbocycles. The van der Waals surface area contributed by atoms with Crippen LogP contribution in [0.25, 0.3) is 0 Å². The fourth-order valence-electron chi connectivity index (χ4n) is 3.40. The number of halogens is 1. The zero-order valence-corrected chi connectivity index (χ0v) is 16.1. The van der Waals surface area contributed by atoms with Crippen molar-refractivity contribution < 1.29 is 15.0 Å². The number of nitrogens with zero attached hydrogens (tertiary/aromatic N) is 2. The lowest BCUT2D eigenvalue weighted by atomic mass is 9.88. The zero-order chi connectivity index (χ0) is 17.9. The summed E-state index contributed by atoms with van der Waals surface area (Å²) < 4.78 is 0.774. The number of aliphatic hydroxyl groups is 2. The highest BCUT2D eigenvalue weighted by atomic mass is 35.5. The second-order valence-corrected chi connectivity index (χ2v) is 8.44. The fourth-order valence-corrected chi connectivity index (χ4v) is 4.86. The Balaban J connectivity index is 1.99. The van der Waals surface area contributed by atoms with Gasteiger partial charge in [-0.2, -0.15) is 0 Å². The molecule has 3 atom stereocenters. The van der Waals surface area contributed by atoms with Gasteiger partial charge in [0.1, 0.15) is 6.10 Å². The molecule has 1 aromatic heterocycles. The molecule has 0 aliphatic carbocycles. The van der Waals surface area contributed by atoms with Gasteiger partial charge in [0.15, 0.2) is 0 Å². The van der Waals surface area contributed by atoms with Crippen molar-refractivity contribution in [2.75, 3.05) is 33.8 Å². The molecule has 0 aromatic carbocycles. The predicted molar refractivity (Wildman–Crippen MR) is 97.8 cm³/mol. The average molecular weight is 375 g/mol. The number of thiophene rings is 1. The van der Waals surface area contributed by atoms with Gasteiger partial charge in [-0.05, 0) is 50.3 Å². The van der Waals surface area contributed by atoms with Crippen LogP contribution in [-0.4, -0.2) is 71.9 Å². The average Bonchev–Trinajstić information content (AvgIpc) is 2.89. The lowest BCUT2D eigenvalue weighted by molar-refractivity contribution is -0.139. The minimum Gasteiger partial charge on any atom is -0.396 e. The molecule has 2 rings (SSSR count). The van der Waals surface area contributed by atoms with E-state index in [1.165, 1.54) is 9.78 Å². The van der Waals surface area contributed by atoms with E-state index < -0.39 is 6.10 Å². The maximum Gasteiger partial charge on any atom is 0.252 e. The Morgan fingerprint density at radius 1 is 1.54 bits per heavy atom. The summed E-state index contributed by atoms with van der Waals surface area (Å²) in [5.41, 5.74) is 1.15. The number of carbonyl (C=O) groups is 1. The van der Waals surface area contributed by atoms with Crippen LogP contribution >= 0.6 is 22.9 Å². The van der Waals surface area contributed by atoms with Crippen molar-refractivity contribution >= 4 is 28.8 Å². The Labute approximate surface area is 152 Å². The maximum atomic E-state index is 11.8. The van der Waals surface area contributed by atoms with Crippen LogP contribution in [0.5, 0.6) is 0 Å². The Bertz CT molecular complexity index is 564. The number of rotatable bonds is 6. The third-order valence-electron chi connectivity index (χ3n) is 4.71. The van der Waals surface area contributed by atoms with Crippen molar-refractivity contribution in [2.24, 2.45) is 0 Å². The number of hydrogen-bond donors (Lipinski definition) is 2. The van der Waals surface area contributed by atoms with Gasteiger partial charge in [0.05, 0.1) is 4.34 Å². The van der Waals surface area contributed by atoms with Crippen molar-refractivity contribution in [3.63, 3.8) is 0 Å². The van der Waals surface area contributed by atoms with Gasteiger partial charge in [0.25, 0.3) is 5.91 Å². The van der Waals surface area contributed by atoms with Gasteiger partial charge in [-0.25, -0.2) is 0 Å². The molecule has 1 amide bonds. The summed E-state index contributed by atoms with van der Waals surface area (Å²) in [6.07, 6.45) is 1.62. The van der Waals surface area contributed by atoms with E-state index in [0.717, 1.165) is 29.3 Å².